The van der Waals surface area contributed by atoms with Gasteiger partial charge in [-0.2, -0.15) is 0 Å². The van der Waals surface area contributed by atoms with Crippen molar-refractivity contribution in [2.75, 3.05) is 38.8 Å². The molecule has 0 spiro atoms. The minimum Gasteiger partial charge on any atom is -0.497 e. The Morgan fingerprint density at radius 1 is 1.26 bits per heavy atom. The molecule has 0 aliphatic heterocycles. The molecule has 0 unspecified atom stereocenters. The van der Waals surface area contributed by atoms with E-state index < -0.39 is 0 Å². The first-order chi connectivity index (χ1) is 9.22. The standard InChI is InChI=1S/C14H22N2O3/c1-18-11-8-14(17)16(10-3-9-15)12-4-6-13(19-2)7-5-12/h4-7H,3,8-11,15H2,1-2H3. The van der Waals surface area contributed by atoms with Crippen LogP contribution in [0.1, 0.15) is 12.8 Å². The summed E-state index contributed by atoms with van der Waals surface area (Å²) in [5.74, 6) is 0.812. The molecule has 1 aromatic carbocycles. The number of ether oxygens (including phenoxy) is 2. The Bertz CT molecular complexity index is 379. The molecule has 0 saturated carbocycles. The quantitative estimate of drug-likeness (QED) is 0.772. The number of nitrogens with zero attached hydrogens (tertiary/aromatic N) is 1. The van der Waals surface area contributed by atoms with Crippen LogP contribution in [-0.4, -0.2) is 39.8 Å². The summed E-state index contributed by atoms with van der Waals surface area (Å²) in [6, 6.07) is 7.43. The van der Waals surface area contributed by atoms with E-state index in [1.807, 2.05) is 24.3 Å². The highest BCUT2D eigenvalue weighted by Crippen LogP contribution is 2.20. The summed E-state index contributed by atoms with van der Waals surface area (Å²) in [5.41, 5.74) is 6.37. The summed E-state index contributed by atoms with van der Waals surface area (Å²) in [6.07, 6.45) is 1.14. The normalized spacial score (nSPS) is 10.3. The fraction of sp³-hybridized carbons (Fsp3) is 0.500. The van der Waals surface area contributed by atoms with Gasteiger partial charge in [-0.3, -0.25) is 4.79 Å². The lowest BCUT2D eigenvalue weighted by Crippen LogP contribution is -2.33. The van der Waals surface area contributed by atoms with Crippen LogP contribution in [0.5, 0.6) is 5.75 Å². The van der Waals surface area contributed by atoms with E-state index in [4.69, 9.17) is 15.2 Å². The van der Waals surface area contributed by atoms with Gasteiger partial charge in [0.25, 0.3) is 0 Å². The van der Waals surface area contributed by atoms with Crippen LogP contribution in [0.3, 0.4) is 0 Å². The molecule has 106 valence electrons. The third kappa shape index (κ3) is 4.89. The predicted molar refractivity (Wildman–Crippen MR) is 75.5 cm³/mol. The van der Waals surface area contributed by atoms with Crippen LogP contribution in [0.15, 0.2) is 24.3 Å². The van der Waals surface area contributed by atoms with Crippen LogP contribution in [0.4, 0.5) is 5.69 Å². The van der Waals surface area contributed by atoms with Gasteiger partial charge in [-0.25, -0.2) is 0 Å². The molecule has 1 aromatic rings. The monoisotopic (exact) mass is 266 g/mol. The highest BCUT2D eigenvalue weighted by Gasteiger charge is 2.14. The molecular formula is C14H22N2O3. The molecule has 0 atom stereocenters. The van der Waals surface area contributed by atoms with Crippen molar-refractivity contribution in [2.24, 2.45) is 5.73 Å². The van der Waals surface area contributed by atoms with Crippen LogP contribution >= 0.6 is 0 Å². The summed E-state index contributed by atoms with van der Waals surface area (Å²) in [7, 11) is 3.20. The van der Waals surface area contributed by atoms with Crippen molar-refractivity contribution >= 4 is 11.6 Å². The van der Waals surface area contributed by atoms with E-state index >= 15 is 0 Å². The van der Waals surface area contributed by atoms with Crippen LogP contribution < -0.4 is 15.4 Å². The van der Waals surface area contributed by atoms with Crippen LogP contribution in [0.2, 0.25) is 0 Å². The molecule has 0 bridgehead atoms. The average molecular weight is 266 g/mol. The van der Waals surface area contributed by atoms with Crippen molar-refractivity contribution in [3.05, 3.63) is 24.3 Å². The molecule has 0 aromatic heterocycles. The Morgan fingerprint density at radius 3 is 2.47 bits per heavy atom. The molecule has 0 aliphatic rings. The number of amides is 1. The Balaban J connectivity index is 2.78. The zero-order chi connectivity index (χ0) is 14.1. The van der Waals surface area contributed by atoms with Crippen LogP contribution in [0, 0.1) is 0 Å². The lowest BCUT2D eigenvalue weighted by molar-refractivity contribution is -0.119. The molecule has 2 N–H and O–H groups in total. The van der Waals surface area contributed by atoms with E-state index in [1.165, 1.54) is 0 Å². The average Bonchev–Trinajstić information content (AvgIpc) is 2.46. The number of benzene rings is 1. The fourth-order valence-electron chi connectivity index (χ4n) is 1.73. The molecular weight excluding hydrogens is 244 g/mol. The molecule has 19 heavy (non-hydrogen) atoms. The number of hydrogen-bond donors (Lipinski definition) is 1. The zero-order valence-electron chi connectivity index (χ0n) is 11.6. The topological polar surface area (TPSA) is 64.8 Å². The number of rotatable bonds is 8. The summed E-state index contributed by atoms with van der Waals surface area (Å²) >= 11 is 0. The Hall–Kier alpha value is -1.59. The number of carbonyl (C=O) groups is 1. The minimum absolute atomic E-state index is 0.0421. The predicted octanol–water partition coefficient (Wildman–Crippen LogP) is 1.41. The number of nitrogens with two attached hydrogens (primary N) is 1. The summed E-state index contributed by atoms with van der Waals surface area (Å²) < 4.78 is 10.1. The molecule has 5 heteroatoms. The van der Waals surface area contributed by atoms with Gasteiger partial charge in [0.05, 0.1) is 20.1 Å². The van der Waals surface area contributed by atoms with E-state index in [2.05, 4.69) is 0 Å². The summed E-state index contributed by atoms with van der Waals surface area (Å²) in [6.45, 7) is 1.60. The minimum atomic E-state index is 0.0421. The first kappa shape index (κ1) is 15.5. The molecule has 1 amide bonds. The van der Waals surface area contributed by atoms with Crippen molar-refractivity contribution in [2.45, 2.75) is 12.8 Å². The van der Waals surface area contributed by atoms with Gasteiger partial charge >= 0.3 is 0 Å². The Kier molecular flexibility index (Phi) is 6.92. The van der Waals surface area contributed by atoms with Crippen molar-refractivity contribution < 1.29 is 14.3 Å². The van der Waals surface area contributed by atoms with Crippen LogP contribution in [0.25, 0.3) is 0 Å². The highest BCUT2D eigenvalue weighted by atomic mass is 16.5. The molecule has 0 radical (unpaired) electrons. The molecule has 0 heterocycles. The molecule has 0 saturated heterocycles. The summed E-state index contributed by atoms with van der Waals surface area (Å²) in [4.78, 5) is 13.9. The number of carbonyl (C=O) groups excluding carboxylic acids is 1. The SMILES string of the molecule is COCCC(=O)N(CCCN)c1ccc(OC)cc1. The Morgan fingerprint density at radius 2 is 1.95 bits per heavy atom. The van der Waals surface area contributed by atoms with Gasteiger partial charge in [0.1, 0.15) is 5.75 Å². The lowest BCUT2D eigenvalue weighted by Gasteiger charge is -2.23. The summed E-state index contributed by atoms with van der Waals surface area (Å²) in [5, 5.41) is 0. The van der Waals surface area contributed by atoms with E-state index in [0.717, 1.165) is 17.9 Å². The number of methoxy groups -OCH3 is 2. The van der Waals surface area contributed by atoms with Gasteiger partial charge in [0, 0.05) is 19.3 Å². The second kappa shape index (κ2) is 8.50. The van der Waals surface area contributed by atoms with Gasteiger partial charge in [0.15, 0.2) is 0 Å². The van der Waals surface area contributed by atoms with Crippen molar-refractivity contribution in [1.29, 1.82) is 0 Å². The highest BCUT2D eigenvalue weighted by molar-refractivity contribution is 5.93. The maximum absolute atomic E-state index is 12.1. The van der Waals surface area contributed by atoms with E-state index in [1.54, 1.807) is 19.1 Å². The van der Waals surface area contributed by atoms with Crippen LogP contribution in [-0.2, 0) is 9.53 Å². The van der Waals surface area contributed by atoms with Crippen molar-refractivity contribution in [3.63, 3.8) is 0 Å². The maximum Gasteiger partial charge on any atom is 0.229 e. The first-order valence-corrected chi connectivity index (χ1v) is 6.36. The van der Waals surface area contributed by atoms with Gasteiger partial charge in [0.2, 0.25) is 5.91 Å². The van der Waals surface area contributed by atoms with Gasteiger partial charge in [-0.1, -0.05) is 0 Å². The van der Waals surface area contributed by atoms with E-state index in [-0.39, 0.29) is 5.91 Å². The van der Waals surface area contributed by atoms with Gasteiger partial charge in [-0.15, -0.1) is 0 Å². The molecule has 0 fully saturated rings. The third-order valence-electron chi connectivity index (χ3n) is 2.79. The van der Waals surface area contributed by atoms with Crippen molar-refractivity contribution in [3.8, 4) is 5.75 Å². The second-order valence-electron chi connectivity index (χ2n) is 4.13. The van der Waals surface area contributed by atoms with E-state index in [0.29, 0.717) is 26.1 Å². The largest absolute Gasteiger partial charge is 0.497 e. The first-order valence-electron chi connectivity index (χ1n) is 6.36. The van der Waals surface area contributed by atoms with Gasteiger partial charge in [-0.05, 0) is 37.2 Å². The molecule has 5 nitrogen and oxygen atoms in total. The second-order valence-corrected chi connectivity index (χ2v) is 4.13. The fourth-order valence-corrected chi connectivity index (χ4v) is 1.73. The smallest absolute Gasteiger partial charge is 0.229 e. The Labute approximate surface area is 114 Å². The number of hydrogen-bond acceptors (Lipinski definition) is 4. The molecule has 0 aliphatic carbocycles. The third-order valence-corrected chi connectivity index (χ3v) is 2.79. The van der Waals surface area contributed by atoms with Gasteiger partial charge < -0.3 is 20.1 Å². The molecule has 1 rings (SSSR count). The zero-order valence-corrected chi connectivity index (χ0v) is 11.6. The lowest BCUT2D eigenvalue weighted by atomic mass is 10.2. The van der Waals surface area contributed by atoms with Crippen molar-refractivity contribution in [1.82, 2.24) is 0 Å². The number of anilines is 1. The maximum atomic E-state index is 12.1. The van der Waals surface area contributed by atoms with E-state index in [9.17, 15) is 4.79 Å².